The zero-order chi connectivity index (χ0) is 41.3. The summed E-state index contributed by atoms with van der Waals surface area (Å²) in [5, 5.41) is 6.47. The lowest BCUT2D eigenvalue weighted by Crippen LogP contribution is -2.53. The summed E-state index contributed by atoms with van der Waals surface area (Å²) in [6.45, 7) is 8.85. The number of rotatable bonds is 11. The van der Waals surface area contributed by atoms with Gasteiger partial charge in [0.15, 0.2) is 0 Å². The van der Waals surface area contributed by atoms with Gasteiger partial charge in [-0.15, -0.1) is 0 Å². The summed E-state index contributed by atoms with van der Waals surface area (Å²) in [7, 11) is 4.61. The number of aryl methyl sites for hydroxylation is 1. The minimum atomic E-state index is -0.696. The van der Waals surface area contributed by atoms with Crippen LogP contribution in [0.25, 0.3) is 44.5 Å². The Morgan fingerprint density at radius 1 is 0.862 bits per heavy atom. The van der Waals surface area contributed by atoms with Crippen LogP contribution in [0.2, 0.25) is 0 Å². The Balaban J connectivity index is 1.11. The number of imidazole rings is 2. The first-order chi connectivity index (χ1) is 27.9. The van der Waals surface area contributed by atoms with Crippen LogP contribution in [0.4, 0.5) is 9.59 Å². The van der Waals surface area contributed by atoms with Crippen molar-refractivity contribution in [2.45, 2.75) is 83.5 Å². The minimum Gasteiger partial charge on any atom is -0.453 e. The first-order valence-electron chi connectivity index (χ1n) is 20.0. The Kier molecular flexibility index (Phi) is 11.3. The molecular weight excluding hydrogens is 739 g/mol. The molecule has 15 heteroatoms. The van der Waals surface area contributed by atoms with Gasteiger partial charge in [-0.3, -0.25) is 9.59 Å². The van der Waals surface area contributed by atoms with Crippen molar-refractivity contribution in [1.29, 1.82) is 0 Å². The summed E-state index contributed by atoms with van der Waals surface area (Å²) >= 11 is 0. The molecule has 7 rings (SSSR count). The van der Waals surface area contributed by atoms with Crippen LogP contribution in [0.1, 0.15) is 77.5 Å². The van der Waals surface area contributed by atoms with Crippen LogP contribution in [0.5, 0.6) is 0 Å². The van der Waals surface area contributed by atoms with Crippen molar-refractivity contribution in [2.24, 2.45) is 13.0 Å². The number of aromatic nitrogens is 5. The molecule has 2 saturated heterocycles. The molecule has 0 bridgehead atoms. The van der Waals surface area contributed by atoms with E-state index in [0.29, 0.717) is 25.3 Å². The molecule has 306 valence electrons. The maximum absolute atomic E-state index is 13.7. The predicted octanol–water partition coefficient (Wildman–Crippen LogP) is 6.64. The van der Waals surface area contributed by atoms with Crippen LogP contribution in [0, 0.1) is 5.92 Å². The van der Waals surface area contributed by atoms with Gasteiger partial charge < -0.3 is 44.4 Å². The molecule has 58 heavy (non-hydrogen) atoms. The summed E-state index contributed by atoms with van der Waals surface area (Å²) in [4.78, 5) is 71.5. The third-order valence-electron chi connectivity index (χ3n) is 11.8. The predicted molar refractivity (Wildman–Crippen MR) is 219 cm³/mol. The fraction of sp³-hybridized carbons (Fsp3) is 0.442. The number of carbonyl (C=O) groups excluding carboxylic acids is 4. The molecular formula is C43H53N9O6. The number of hydrogen-bond acceptors (Lipinski definition) is 8. The second-order valence-electron chi connectivity index (χ2n) is 15.8. The molecule has 2 aliphatic rings. The molecule has 5 aromatic rings. The van der Waals surface area contributed by atoms with Crippen LogP contribution in [-0.2, 0) is 31.6 Å². The van der Waals surface area contributed by atoms with Crippen molar-refractivity contribution in [3.63, 3.8) is 0 Å². The van der Waals surface area contributed by atoms with Gasteiger partial charge in [0.25, 0.3) is 0 Å². The molecule has 0 aliphatic carbocycles. The average molecular weight is 792 g/mol. The van der Waals surface area contributed by atoms with Gasteiger partial charge >= 0.3 is 12.2 Å². The van der Waals surface area contributed by atoms with E-state index < -0.39 is 29.8 Å². The van der Waals surface area contributed by atoms with Crippen LogP contribution in [0.3, 0.4) is 0 Å². The van der Waals surface area contributed by atoms with Gasteiger partial charge in [0.2, 0.25) is 11.8 Å². The molecule has 2 aromatic carbocycles. The standard InChI is InChI=1S/C43H53N9O6/c1-8-31(48-41(55)57-6)38(53)52-21-10-19-43(52,4)40-45-24-33(47-40)30-17-16-28(29-18-22-50(5)36(29)30)26-12-14-27(15-13-26)32-23-44-37(46-32)34-11-9-20-51(34)39(54)35(25(2)3)49-42(56)58-7/h12-18,22-25,31,34-35H,8-11,19-21H2,1-7H3,(H,44,46)(H,45,47)(H,48,55)(H,49,56). The van der Waals surface area contributed by atoms with Gasteiger partial charge in [0.05, 0.1) is 55.1 Å². The Morgan fingerprint density at radius 2 is 1.55 bits per heavy atom. The van der Waals surface area contributed by atoms with Crippen LogP contribution in [-0.4, -0.2) is 97.7 Å². The van der Waals surface area contributed by atoms with Crippen molar-refractivity contribution < 1.29 is 28.7 Å². The van der Waals surface area contributed by atoms with Gasteiger partial charge in [0.1, 0.15) is 23.7 Å². The number of aromatic amines is 2. The zero-order valence-corrected chi connectivity index (χ0v) is 34.2. The number of benzene rings is 2. The monoisotopic (exact) mass is 791 g/mol. The van der Waals surface area contributed by atoms with E-state index in [1.54, 1.807) is 0 Å². The number of nitrogens with zero attached hydrogens (tertiary/aromatic N) is 5. The van der Waals surface area contributed by atoms with Crippen molar-refractivity contribution in [1.82, 2.24) is 44.9 Å². The minimum absolute atomic E-state index is 0.112. The van der Waals surface area contributed by atoms with E-state index >= 15 is 0 Å². The topological polar surface area (TPSA) is 180 Å². The highest BCUT2D eigenvalue weighted by Crippen LogP contribution is 2.41. The van der Waals surface area contributed by atoms with Gasteiger partial charge in [-0.1, -0.05) is 57.2 Å². The van der Waals surface area contributed by atoms with Crippen molar-refractivity contribution in [2.75, 3.05) is 27.3 Å². The highest BCUT2D eigenvalue weighted by molar-refractivity contribution is 6.03. The fourth-order valence-corrected chi connectivity index (χ4v) is 8.58. The number of methoxy groups -OCH3 is 2. The van der Waals surface area contributed by atoms with E-state index in [1.165, 1.54) is 14.2 Å². The second-order valence-corrected chi connectivity index (χ2v) is 15.8. The lowest BCUT2D eigenvalue weighted by Gasteiger charge is -2.36. The summed E-state index contributed by atoms with van der Waals surface area (Å²) in [6.07, 6.45) is 8.06. The Morgan fingerprint density at radius 3 is 2.26 bits per heavy atom. The number of likely N-dealkylation sites (tertiary alicyclic amines) is 2. The highest BCUT2D eigenvalue weighted by Gasteiger charge is 2.45. The van der Waals surface area contributed by atoms with Crippen molar-refractivity contribution in [3.8, 4) is 33.6 Å². The first-order valence-corrected chi connectivity index (χ1v) is 20.0. The zero-order valence-electron chi connectivity index (χ0n) is 34.2. The van der Waals surface area contributed by atoms with E-state index in [1.807, 2.05) is 56.9 Å². The summed E-state index contributed by atoms with van der Waals surface area (Å²) < 4.78 is 11.6. The molecule has 4 unspecified atom stereocenters. The quantitative estimate of drug-likeness (QED) is 0.115. The van der Waals surface area contributed by atoms with Crippen LogP contribution in [0.15, 0.2) is 61.1 Å². The number of ether oxygens (including phenoxy) is 2. The lowest BCUT2D eigenvalue weighted by molar-refractivity contribution is -0.138. The molecule has 15 nitrogen and oxygen atoms in total. The molecule has 0 saturated carbocycles. The van der Waals surface area contributed by atoms with Crippen molar-refractivity contribution in [3.05, 3.63) is 72.7 Å². The van der Waals surface area contributed by atoms with E-state index in [-0.39, 0.29) is 23.8 Å². The molecule has 4 N–H and O–H groups in total. The van der Waals surface area contributed by atoms with Crippen LogP contribution >= 0.6 is 0 Å². The fourth-order valence-electron chi connectivity index (χ4n) is 8.58. The Hall–Kier alpha value is -6.12. The maximum Gasteiger partial charge on any atom is 0.407 e. The Bertz CT molecular complexity index is 2310. The number of H-pyrrole nitrogens is 2. The molecule has 4 atom stereocenters. The number of fused-ring (bicyclic) bond motifs is 1. The maximum atomic E-state index is 13.7. The molecule has 5 heterocycles. The number of carbonyl (C=O) groups is 4. The molecule has 0 spiro atoms. The third-order valence-corrected chi connectivity index (χ3v) is 11.8. The largest absolute Gasteiger partial charge is 0.453 e. The normalized spacial score (nSPS) is 19.1. The van der Waals surface area contributed by atoms with Crippen LogP contribution < -0.4 is 10.6 Å². The SMILES string of the molecule is CCC(NC(=O)OC)C(=O)N1CCCC1(C)c1ncc(-c2ccc(-c3ccc(-c4cnc(C5CCCN5C(=O)C(NC(=O)OC)C(C)C)[nH]4)cc3)c3ccn(C)c23)[nH]1. The Labute approximate surface area is 337 Å². The average Bonchev–Trinajstić information content (AvgIpc) is 4.09. The molecule has 2 aliphatic heterocycles. The third kappa shape index (κ3) is 7.40. The molecule has 0 radical (unpaired) electrons. The number of nitrogens with one attached hydrogen (secondary N) is 4. The lowest BCUT2D eigenvalue weighted by atomic mass is 9.96. The van der Waals surface area contributed by atoms with Crippen molar-refractivity contribution >= 4 is 34.9 Å². The summed E-state index contributed by atoms with van der Waals surface area (Å²) in [5.74, 6) is 1.01. The van der Waals surface area contributed by atoms with E-state index in [0.717, 1.165) is 76.1 Å². The molecule has 4 amide bonds. The van der Waals surface area contributed by atoms with E-state index in [2.05, 4.69) is 73.8 Å². The summed E-state index contributed by atoms with van der Waals surface area (Å²) in [6, 6.07) is 13.1. The van der Waals surface area contributed by atoms with E-state index in [9.17, 15) is 19.2 Å². The summed E-state index contributed by atoms with van der Waals surface area (Å²) in [5.41, 5.74) is 6.18. The first kappa shape index (κ1) is 40.1. The van der Waals surface area contributed by atoms with Gasteiger partial charge in [-0.05, 0) is 67.7 Å². The number of hydrogen-bond donors (Lipinski definition) is 4. The van der Waals surface area contributed by atoms with E-state index in [4.69, 9.17) is 19.4 Å². The smallest absolute Gasteiger partial charge is 0.407 e. The second kappa shape index (κ2) is 16.4. The molecule has 2 fully saturated rings. The van der Waals surface area contributed by atoms with Gasteiger partial charge in [-0.2, -0.15) is 0 Å². The van der Waals surface area contributed by atoms with Gasteiger partial charge in [0, 0.05) is 37.3 Å². The van der Waals surface area contributed by atoms with Gasteiger partial charge in [-0.25, -0.2) is 19.6 Å². The number of amides is 4. The molecule has 3 aromatic heterocycles. The number of alkyl carbamates (subject to hydrolysis) is 2. The highest BCUT2D eigenvalue weighted by atomic mass is 16.5.